The summed E-state index contributed by atoms with van der Waals surface area (Å²) in [6, 6.07) is 0.637. The Hall–Kier alpha value is -0.0800. The van der Waals surface area contributed by atoms with Crippen LogP contribution in [0.25, 0.3) is 0 Å². The topological polar surface area (TPSA) is 21.3 Å². The average molecular weight is 237 g/mol. The molecule has 1 saturated heterocycles. The van der Waals surface area contributed by atoms with Crippen LogP contribution in [0, 0.1) is 11.8 Å². The van der Waals surface area contributed by atoms with Crippen LogP contribution < -0.4 is 5.32 Å². The molecule has 2 saturated carbocycles. The van der Waals surface area contributed by atoms with E-state index in [0.717, 1.165) is 18.4 Å². The van der Waals surface area contributed by atoms with E-state index in [2.05, 4.69) is 19.2 Å². The molecule has 98 valence electrons. The second-order valence-electron chi connectivity index (χ2n) is 7.00. The summed E-state index contributed by atoms with van der Waals surface area (Å²) in [7, 11) is 0. The van der Waals surface area contributed by atoms with Gasteiger partial charge in [0.1, 0.15) is 0 Å². The minimum absolute atomic E-state index is 0.329. The fraction of sp³-hybridized carbons (Fsp3) is 1.00. The Labute approximate surface area is 105 Å². The zero-order valence-corrected chi connectivity index (χ0v) is 11.4. The van der Waals surface area contributed by atoms with Crippen LogP contribution in [0.15, 0.2) is 0 Å². The molecule has 2 heteroatoms. The highest BCUT2D eigenvalue weighted by Gasteiger charge is 2.44. The molecule has 3 fully saturated rings. The van der Waals surface area contributed by atoms with Gasteiger partial charge in [-0.15, -0.1) is 0 Å². The lowest BCUT2D eigenvalue weighted by molar-refractivity contribution is -0.0976. The number of ether oxygens (including phenoxy) is 1. The minimum Gasteiger partial charge on any atom is -0.375 e. The van der Waals surface area contributed by atoms with Gasteiger partial charge in [-0.2, -0.15) is 0 Å². The van der Waals surface area contributed by atoms with Crippen LogP contribution in [0.5, 0.6) is 0 Å². The van der Waals surface area contributed by atoms with Crippen molar-refractivity contribution in [3.8, 4) is 0 Å². The molecule has 1 heterocycles. The Balaban J connectivity index is 1.69. The monoisotopic (exact) mass is 237 g/mol. The number of hydrogen-bond donors (Lipinski definition) is 1. The summed E-state index contributed by atoms with van der Waals surface area (Å²) in [6.45, 7) is 5.76. The molecule has 0 aromatic carbocycles. The van der Waals surface area contributed by atoms with Gasteiger partial charge in [0.25, 0.3) is 0 Å². The second-order valence-corrected chi connectivity index (χ2v) is 7.00. The Kier molecular flexibility index (Phi) is 3.20. The van der Waals surface area contributed by atoms with Crippen LogP contribution in [0.3, 0.4) is 0 Å². The summed E-state index contributed by atoms with van der Waals surface area (Å²) >= 11 is 0. The zero-order valence-electron chi connectivity index (χ0n) is 11.4. The maximum atomic E-state index is 6.21. The van der Waals surface area contributed by atoms with Gasteiger partial charge in [0.15, 0.2) is 0 Å². The molecule has 5 unspecified atom stereocenters. The third kappa shape index (κ3) is 2.39. The van der Waals surface area contributed by atoms with Gasteiger partial charge in [-0.25, -0.2) is 0 Å². The molecule has 0 amide bonds. The van der Waals surface area contributed by atoms with E-state index in [-0.39, 0.29) is 0 Å². The van der Waals surface area contributed by atoms with Crippen LogP contribution in [-0.2, 0) is 4.74 Å². The maximum Gasteiger partial charge on any atom is 0.0729 e. The molecule has 2 aliphatic carbocycles. The first-order chi connectivity index (χ1) is 8.17. The maximum absolute atomic E-state index is 6.21. The van der Waals surface area contributed by atoms with Crippen molar-refractivity contribution in [1.29, 1.82) is 0 Å². The van der Waals surface area contributed by atoms with E-state index in [0.29, 0.717) is 17.7 Å². The molecule has 0 aromatic rings. The molecule has 5 atom stereocenters. The first-order valence-electron chi connectivity index (χ1n) is 7.56. The lowest BCUT2D eigenvalue weighted by atomic mass is 9.73. The van der Waals surface area contributed by atoms with Crippen molar-refractivity contribution in [2.75, 3.05) is 6.61 Å². The third-order valence-electron chi connectivity index (χ3n) is 5.21. The van der Waals surface area contributed by atoms with Gasteiger partial charge in [0.05, 0.1) is 12.7 Å². The van der Waals surface area contributed by atoms with Crippen molar-refractivity contribution in [2.45, 2.75) is 76.5 Å². The smallest absolute Gasteiger partial charge is 0.0729 e. The van der Waals surface area contributed by atoms with Crippen LogP contribution >= 0.6 is 0 Å². The normalized spacial score (nSPS) is 51.2. The molecule has 2 nitrogen and oxygen atoms in total. The summed E-state index contributed by atoms with van der Waals surface area (Å²) in [4.78, 5) is 0. The standard InChI is InChI=1S/C15H27NO/c1-11-5-6-14-13(8-11)16-15(10-17-14)7-3-4-12(2)9-15/h11-14,16H,3-10H2,1-2H3. The predicted molar refractivity (Wildman–Crippen MR) is 70.0 cm³/mol. The summed E-state index contributed by atoms with van der Waals surface area (Å²) in [5.74, 6) is 1.75. The van der Waals surface area contributed by atoms with Gasteiger partial charge in [-0.3, -0.25) is 0 Å². The van der Waals surface area contributed by atoms with Gasteiger partial charge in [-0.05, 0) is 43.9 Å². The second kappa shape index (κ2) is 4.55. The summed E-state index contributed by atoms with van der Waals surface area (Å²) in [6.07, 6.45) is 9.89. The van der Waals surface area contributed by atoms with Crippen molar-refractivity contribution in [3.05, 3.63) is 0 Å². The first-order valence-corrected chi connectivity index (χ1v) is 7.56. The molecule has 17 heavy (non-hydrogen) atoms. The van der Waals surface area contributed by atoms with Crippen molar-refractivity contribution in [1.82, 2.24) is 5.32 Å². The molecular formula is C15H27NO. The summed E-state index contributed by atoms with van der Waals surface area (Å²) < 4.78 is 6.21. The van der Waals surface area contributed by atoms with Gasteiger partial charge in [-0.1, -0.05) is 26.7 Å². The van der Waals surface area contributed by atoms with E-state index in [1.807, 2.05) is 0 Å². The highest BCUT2D eigenvalue weighted by molar-refractivity contribution is 5.01. The molecule has 0 bridgehead atoms. The number of fused-ring (bicyclic) bond motifs is 1. The van der Waals surface area contributed by atoms with Gasteiger partial charge >= 0.3 is 0 Å². The predicted octanol–water partition coefficient (Wildman–Crippen LogP) is 3.11. The molecule has 0 radical (unpaired) electrons. The quantitative estimate of drug-likeness (QED) is 0.699. The van der Waals surface area contributed by atoms with Crippen LogP contribution in [0.2, 0.25) is 0 Å². The van der Waals surface area contributed by atoms with E-state index < -0.39 is 0 Å². The minimum atomic E-state index is 0.329. The number of morpholine rings is 1. The lowest BCUT2D eigenvalue weighted by Gasteiger charge is -2.51. The van der Waals surface area contributed by atoms with Gasteiger partial charge in [0, 0.05) is 11.6 Å². The van der Waals surface area contributed by atoms with E-state index in [9.17, 15) is 0 Å². The molecule has 3 aliphatic rings. The summed E-state index contributed by atoms with van der Waals surface area (Å²) in [5, 5.41) is 4.01. The number of nitrogens with one attached hydrogen (secondary N) is 1. The van der Waals surface area contributed by atoms with E-state index in [1.54, 1.807) is 0 Å². The van der Waals surface area contributed by atoms with Gasteiger partial charge < -0.3 is 10.1 Å². The average Bonchev–Trinajstić information content (AvgIpc) is 2.28. The van der Waals surface area contributed by atoms with E-state index >= 15 is 0 Å². The zero-order chi connectivity index (χ0) is 11.9. The molecule has 1 spiro atoms. The lowest BCUT2D eigenvalue weighted by Crippen LogP contribution is -2.64. The Morgan fingerprint density at radius 3 is 2.82 bits per heavy atom. The fourth-order valence-corrected chi connectivity index (χ4v) is 4.33. The Bertz CT molecular complexity index is 280. The largest absolute Gasteiger partial charge is 0.375 e. The molecule has 3 rings (SSSR count). The highest BCUT2D eigenvalue weighted by Crippen LogP contribution is 2.38. The van der Waals surface area contributed by atoms with Crippen LogP contribution in [0.1, 0.15) is 58.8 Å². The highest BCUT2D eigenvalue weighted by atomic mass is 16.5. The Morgan fingerprint density at radius 2 is 2.00 bits per heavy atom. The van der Waals surface area contributed by atoms with Crippen LogP contribution in [0.4, 0.5) is 0 Å². The third-order valence-corrected chi connectivity index (χ3v) is 5.21. The first kappa shape index (κ1) is 12.0. The molecule has 1 N–H and O–H groups in total. The molecule has 0 aromatic heterocycles. The fourth-order valence-electron chi connectivity index (χ4n) is 4.33. The number of rotatable bonds is 0. The van der Waals surface area contributed by atoms with Crippen molar-refractivity contribution < 1.29 is 4.74 Å². The van der Waals surface area contributed by atoms with Gasteiger partial charge in [0.2, 0.25) is 0 Å². The molecule has 1 aliphatic heterocycles. The SMILES string of the molecule is CC1CCC2OCC3(CCCC(C)C3)NC2C1. The van der Waals surface area contributed by atoms with Crippen molar-refractivity contribution in [3.63, 3.8) is 0 Å². The van der Waals surface area contributed by atoms with Crippen molar-refractivity contribution in [2.24, 2.45) is 11.8 Å². The van der Waals surface area contributed by atoms with Crippen molar-refractivity contribution >= 4 is 0 Å². The summed E-state index contributed by atoms with van der Waals surface area (Å²) in [5.41, 5.74) is 0.329. The Morgan fingerprint density at radius 1 is 1.12 bits per heavy atom. The van der Waals surface area contributed by atoms with Crippen LogP contribution in [-0.4, -0.2) is 24.3 Å². The van der Waals surface area contributed by atoms with E-state index in [1.165, 1.54) is 44.9 Å². The number of hydrogen-bond acceptors (Lipinski definition) is 2. The van der Waals surface area contributed by atoms with E-state index in [4.69, 9.17) is 4.74 Å². The molecular weight excluding hydrogens is 210 g/mol.